The summed E-state index contributed by atoms with van der Waals surface area (Å²) in [7, 11) is -3.52. The molecule has 0 aliphatic heterocycles. The van der Waals surface area contributed by atoms with Crippen molar-refractivity contribution in [1.29, 1.82) is 5.41 Å². The molecule has 98 valence electrons. The van der Waals surface area contributed by atoms with E-state index < -0.39 is 10.0 Å². The van der Waals surface area contributed by atoms with E-state index in [1.807, 2.05) is 6.07 Å². The van der Waals surface area contributed by atoms with Crippen LogP contribution in [0.2, 0.25) is 0 Å². The van der Waals surface area contributed by atoms with Crippen LogP contribution in [0.25, 0.3) is 0 Å². The van der Waals surface area contributed by atoms with Gasteiger partial charge in [0, 0.05) is 6.08 Å². The van der Waals surface area contributed by atoms with Gasteiger partial charge < -0.3 is 10.1 Å². The van der Waals surface area contributed by atoms with Gasteiger partial charge in [0.1, 0.15) is 11.5 Å². The number of rotatable bonds is 3. The Morgan fingerprint density at radius 3 is 2.47 bits per heavy atom. The summed E-state index contributed by atoms with van der Waals surface area (Å²) in [5.74, 6) is 0.794. The number of hydrogen-bond donors (Lipinski definition) is 1. The Labute approximate surface area is 111 Å². The highest BCUT2D eigenvalue weighted by Gasteiger charge is 2.14. The third kappa shape index (κ3) is 3.89. The summed E-state index contributed by atoms with van der Waals surface area (Å²) in [6.07, 6.45) is 5.34. The Hall–Kier alpha value is -2.21. The van der Waals surface area contributed by atoms with Gasteiger partial charge >= 0.3 is 0 Å². The van der Waals surface area contributed by atoms with Gasteiger partial charge in [0.25, 0.3) is 10.0 Å². The van der Waals surface area contributed by atoms with E-state index in [1.165, 1.54) is 18.2 Å². The van der Waals surface area contributed by atoms with Gasteiger partial charge in [-0.2, -0.15) is 4.40 Å². The van der Waals surface area contributed by atoms with Crippen LogP contribution in [-0.2, 0) is 10.0 Å². The van der Waals surface area contributed by atoms with E-state index >= 15 is 0 Å². The number of benzene rings is 1. The van der Waals surface area contributed by atoms with Gasteiger partial charge in [-0.05, 0) is 24.3 Å². The second kappa shape index (κ2) is 5.19. The summed E-state index contributed by atoms with van der Waals surface area (Å²) >= 11 is 0. The SMILES string of the molecule is CS(=O)(=O)/N=C1\C=CC(=N)C=C1Oc1ccccc1. The van der Waals surface area contributed by atoms with Crippen LogP contribution in [0.3, 0.4) is 0 Å². The lowest BCUT2D eigenvalue weighted by Gasteiger charge is -2.12. The molecule has 1 aromatic rings. The standard InChI is InChI=1S/C13H12N2O3S/c1-19(16,17)15-12-8-7-10(14)9-13(12)18-11-5-3-2-4-6-11/h2-9,14H,1H3/b14-10?,15-12+. The van der Waals surface area contributed by atoms with Crippen LogP contribution in [0.15, 0.2) is 58.7 Å². The van der Waals surface area contributed by atoms with Crippen molar-refractivity contribution in [3.05, 3.63) is 54.3 Å². The smallest absolute Gasteiger partial charge is 0.250 e. The first-order chi connectivity index (χ1) is 8.94. The van der Waals surface area contributed by atoms with Gasteiger partial charge in [-0.3, -0.25) is 0 Å². The van der Waals surface area contributed by atoms with Crippen LogP contribution in [0, 0.1) is 5.41 Å². The van der Waals surface area contributed by atoms with E-state index in [0.717, 1.165) is 6.26 Å². The zero-order valence-corrected chi connectivity index (χ0v) is 11.0. The zero-order valence-electron chi connectivity index (χ0n) is 10.2. The first-order valence-corrected chi connectivity index (χ1v) is 7.30. The van der Waals surface area contributed by atoms with E-state index in [9.17, 15) is 8.42 Å². The normalized spacial score (nSPS) is 17.4. The molecule has 0 spiro atoms. The zero-order chi connectivity index (χ0) is 13.9. The third-order valence-corrected chi connectivity index (χ3v) is 2.72. The molecule has 0 amide bonds. The van der Waals surface area contributed by atoms with Gasteiger partial charge in [-0.15, -0.1) is 0 Å². The second-order valence-electron chi connectivity index (χ2n) is 3.92. The fraction of sp³-hybridized carbons (Fsp3) is 0.0769. The highest BCUT2D eigenvalue weighted by atomic mass is 32.2. The summed E-state index contributed by atoms with van der Waals surface area (Å²) in [6, 6.07) is 8.91. The fourth-order valence-electron chi connectivity index (χ4n) is 1.47. The van der Waals surface area contributed by atoms with Crippen LogP contribution >= 0.6 is 0 Å². The number of nitrogens with zero attached hydrogens (tertiary/aromatic N) is 1. The third-order valence-electron chi connectivity index (χ3n) is 2.19. The lowest BCUT2D eigenvalue weighted by molar-refractivity contribution is 0.455. The molecule has 1 aromatic carbocycles. The molecule has 5 nitrogen and oxygen atoms in total. The van der Waals surface area contributed by atoms with Crippen molar-refractivity contribution in [3.8, 4) is 5.75 Å². The minimum Gasteiger partial charge on any atom is -0.455 e. The summed E-state index contributed by atoms with van der Waals surface area (Å²) in [6.45, 7) is 0. The molecule has 0 bridgehead atoms. The molecule has 0 heterocycles. The highest BCUT2D eigenvalue weighted by molar-refractivity contribution is 7.89. The maximum absolute atomic E-state index is 11.2. The maximum Gasteiger partial charge on any atom is 0.250 e. The van der Waals surface area contributed by atoms with Crippen LogP contribution in [0.5, 0.6) is 5.75 Å². The second-order valence-corrected chi connectivity index (χ2v) is 5.57. The van der Waals surface area contributed by atoms with Gasteiger partial charge in [-0.25, -0.2) is 8.42 Å². The number of ether oxygens (including phenoxy) is 1. The Morgan fingerprint density at radius 2 is 1.84 bits per heavy atom. The number of para-hydroxylation sites is 1. The molecule has 2 rings (SSSR count). The van der Waals surface area contributed by atoms with Crippen molar-refractivity contribution >= 4 is 21.4 Å². The number of sulfonamides is 1. The molecule has 0 saturated carbocycles. The molecular formula is C13H12N2O3S. The molecule has 0 unspecified atom stereocenters. The van der Waals surface area contributed by atoms with Gasteiger partial charge in [0.15, 0.2) is 5.76 Å². The molecule has 1 aliphatic carbocycles. The molecular weight excluding hydrogens is 264 g/mol. The van der Waals surface area contributed by atoms with Crippen molar-refractivity contribution in [3.63, 3.8) is 0 Å². The first-order valence-electron chi connectivity index (χ1n) is 5.45. The van der Waals surface area contributed by atoms with Gasteiger partial charge in [-0.1, -0.05) is 18.2 Å². The van der Waals surface area contributed by atoms with Gasteiger partial charge in [0.05, 0.1) is 12.0 Å². The van der Waals surface area contributed by atoms with E-state index in [0.29, 0.717) is 5.75 Å². The Bertz CT molecular complexity index is 686. The Balaban J connectivity index is 2.35. The van der Waals surface area contributed by atoms with Crippen molar-refractivity contribution < 1.29 is 13.2 Å². The molecule has 0 fully saturated rings. The van der Waals surface area contributed by atoms with Crippen molar-refractivity contribution in [2.24, 2.45) is 4.40 Å². The predicted molar refractivity (Wildman–Crippen MR) is 74.3 cm³/mol. The van der Waals surface area contributed by atoms with E-state index in [1.54, 1.807) is 24.3 Å². The maximum atomic E-state index is 11.2. The number of allylic oxidation sites excluding steroid dienone is 3. The van der Waals surface area contributed by atoms with Crippen LogP contribution < -0.4 is 4.74 Å². The monoisotopic (exact) mass is 276 g/mol. The summed E-state index contributed by atoms with van der Waals surface area (Å²) in [5, 5.41) is 7.56. The van der Waals surface area contributed by atoms with E-state index in [-0.39, 0.29) is 17.2 Å². The molecule has 0 aromatic heterocycles. The molecule has 0 atom stereocenters. The molecule has 1 N–H and O–H groups in total. The number of nitrogens with one attached hydrogen (secondary N) is 1. The van der Waals surface area contributed by atoms with Crippen molar-refractivity contribution in [2.75, 3.05) is 6.26 Å². The molecule has 0 saturated heterocycles. The van der Waals surface area contributed by atoms with E-state index in [2.05, 4.69) is 4.40 Å². The molecule has 0 radical (unpaired) electrons. The van der Waals surface area contributed by atoms with Crippen molar-refractivity contribution in [1.82, 2.24) is 0 Å². The van der Waals surface area contributed by atoms with Crippen LogP contribution in [0.1, 0.15) is 0 Å². The minimum atomic E-state index is -3.52. The highest BCUT2D eigenvalue weighted by Crippen LogP contribution is 2.17. The quantitative estimate of drug-likeness (QED) is 0.857. The Morgan fingerprint density at radius 1 is 1.16 bits per heavy atom. The average Bonchev–Trinajstić information content (AvgIpc) is 2.32. The summed E-state index contributed by atoms with van der Waals surface area (Å²) in [5.41, 5.74) is 0.403. The molecule has 6 heteroatoms. The lowest BCUT2D eigenvalue weighted by atomic mass is 10.1. The van der Waals surface area contributed by atoms with Crippen LogP contribution in [-0.4, -0.2) is 26.1 Å². The fourth-order valence-corrected chi connectivity index (χ4v) is 1.97. The largest absolute Gasteiger partial charge is 0.455 e. The Kier molecular flexibility index (Phi) is 3.62. The number of hydrogen-bond acceptors (Lipinski definition) is 4. The van der Waals surface area contributed by atoms with Gasteiger partial charge in [0.2, 0.25) is 0 Å². The first kappa shape index (κ1) is 13.2. The van der Waals surface area contributed by atoms with E-state index in [4.69, 9.17) is 10.1 Å². The summed E-state index contributed by atoms with van der Waals surface area (Å²) in [4.78, 5) is 0. The molecule has 1 aliphatic rings. The minimum absolute atomic E-state index is 0.183. The topological polar surface area (TPSA) is 79.6 Å². The summed E-state index contributed by atoms with van der Waals surface area (Å²) < 4.78 is 31.6. The lowest BCUT2D eigenvalue weighted by Crippen LogP contribution is -2.14. The van der Waals surface area contributed by atoms with Crippen molar-refractivity contribution in [2.45, 2.75) is 0 Å². The van der Waals surface area contributed by atoms with Crippen LogP contribution in [0.4, 0.5) is 0 Å². The predicted octanol–water partition coefficient (Wildman–Crippen LogP) is 1.94. The molecule has 19 heavy (non-hydrogen) atoms. The average molecular weight is 276 g/mol.